The first-order valence-electron chi connectivity index (χ1n) is 7.48. The SMILES string of the molecule is CN1C2CCC1CN(C(=O)[C@@H](N)c1ccccc1)CC2. The Morgan fingerprint density at radius 1 is 1.20 bits per heavy atom. The van der Waals surface area contributed by atoms with Gasteiger partial charge < -0.3 is 10.6 Å². The monoisotopic (exact) mass is 273 g/mol. The fourth-order valence-electron chi connectivity index (χ4n) is 3.51. The lowest BCUT2D eigenvalue weighted by Gasteiger charge is -2.28. The van der Waals surface area contributed by atoms with Crippen LogP contribution in [0.15, 0.2) is 30.3 Å². The zero-order chi connectivity index (χ0) is 14.1. The number of amides is 1. The van der Waals surface area contributed by atoms with Gasteiger partial charge in [-0.2, -0.15) is 0 Å². The summed E-state index contributed by atoms with van der Waals surface area (Å²) in [6.45, 7) is 1.66. The Balaban J connectivity index is 1.71. The Hall–Kier alpha value is -1.39. The first-order valence-corrected chi connectivity index (χ1v) is 7.48. The van der Waals surface area contributed by atoms with Crippen molar-refractivity contribution in [3.8, 4) is 0 Å². The van der Waals surface area contributed by atoms with Gasteiger partial charge in [0, 0.05) is 25.2 Å². The number of hydrogen-bond donors (Lipinski definition) is 1. The first-order chi connectivity index (χ1) is 9.66. The third kappa shape index (κ3) is 2.45. The lowest BCUT2D eigenvalue weighted by Crippen LogP contribution is -2.43. The van der Waals surface area contributed by atoms with Gasteiger partial charge in [-0.15, -0.1) is 0 Å². The molecule has 2 N–H and O–H groups in total. The van der Waals surface area contributed by atoms with Gasteiger partial charge in [0.1, 0.15) is 6.04 Å². The second kappa shape index (κ2) is 5.54. The molecular weight excluding hydrogens is 250 g/mol. The summed E-state index contributed by atoms with van der Waals surface area (Å²) >= 11 is 0. The van der Waals surface area contributed by atoms with Gasteiger partial charge >= 0.3 is 0 Å². The quantitative estimate of drug-likeness (QED) is 0.885. The molecule has 1 aromatic rings. The second-order valence-electron chi connectivity index (χ2n) is 6.01. The van der Waals surface area contributed by atoms with E-state index in [1.165, 1.54) is 12.8 Å². The van der Waals surface area contributed by atoms with Crippen molar-refractivity contribution in [2.24, 2.45) is 5.73 Å². The normalized spacial score (nSPS) is 28.2. The summed E-state index contributed by atoms with van der Waals surface area (Å²) < 4.78 is 0. The molecule has 0 radical (unpaired) electrons. The molecule has 0 aliphatic carbocycles. The molecule has 1 amide bonds. The molecule has 2 fully saturated rings. The Labute approximate surface area is 120 Å². The van der Waals surface area contributed by atoms with Crippen LogP contribution in [-0.4, -0.2) is 47.9 Å². The molecule has 2 aliphatic heterocycles. The summed E-state index contributed by atoms with van der Waals surface area (Å²) in [5, 5.41) is 0. The molecule has 3 atom stereocenters. The number of carbonyl (C=O) groups is 1. The molecule has 2 heterocycles. The van der Waals surface area contributed by atoms with E-state index >= 15 is 0 Å². The zero-order valence-electron chi connectivity index (χ0n) is 12.0. The van der Waals surface area contributed by atoms with Crippen molar-refractivity contribution in [3.63, 3.8) is 0 Å². The predicted molar refractivity (Wildman–Crippen MR) is 79.1 cm³/mol. The topological polar surface area (TPSA) is 49.6 Å². The number of nitrogens with two attached hydrogens (primary N) is 1. The molecule has 2 bridgehead atoms. The average molecular weight is 273 g/mol. The summed E-state index contributed by atoms with van der Waals surface area (Å²) in [5.41, 5.74) is 7.05. The van der Waals surface area contributed by atoms with Gasteiger partial charge in [0.2, 0.25) is 5.91 Å². The van der Waals surface area contributed by atoms with E-state index in [0.717, 1.165) is 25.1 Å². The minimum atomic E-state index is -0.530. The standard InChI is InChI=1S/C16H23N3O/c1-18-13-7-8-14(18)11-19(10-9-13)16(20)15(17)12-5-3-2-4-6-12/h2-6,13-15H,7-11,17H2,1H3/t13?,14?,15-/m0/s1. The molecule has 4 heteroatoms. The molecule has 0 spiro atoms. The highest BCUT2D eigenvalue weighted by Gasteiger charge is 2.37. The number of benzene rings is 1. The number of hydrogen-bond acceptors (Lipinski definition) is 3. The maximum atomic E-state index is 12.6. The molecule has 1 aromatic carbocycles. The van der Waals surface area contributed by atoms with Gasteiger partial charge in [-0.05, 0) is 31.9 Å². The number of likely N-dealkylation sites (tertiary alicyclic amines) is 1. The van der Waals surface area contributed by atoms with E-state index in [1.54, 1.807) is 0 Å². The van der Waals surface area contributed by atoms with Crippen LogP contribution >= 0.6 is 0 Å². The maximum absolute atomic E-state index is 12.6. The molecule has 20 heavy (non-hydrogen) atoms. The molecule has 4 nitrogen and oxygen atoms in total. The van der Waals surface area contributed by atoms with Gasteiger partial charge in [-0.1, -0.05) is 30.3 Å². The first kappa shape index (κ1) is 13.6. The van der Waals surface area contributed by atoms with Crippen molar-refractivity contribution in [2.45, 2.75) is 37.4 Å². The van der Waals surface area contributed by atoms with E-state index in [2.05, 4.69) is 11.9 Å². The highest BCUT2D eigenvalue weighted by molar-refractivity contribution is 5.83. The highest BCUT2D eigenvalue weighted by atomic mass is 16.2. The number of nitrogens with zero attached hydrogens (tertiary/aromatic N) is 2. The van der Waals surface area contributed by atoms with E-state index in [-0.39, 0.29) is 5.91 Å². The molecule has 2 saturated heterocycles. The van der Waals surface area contributed by atoms with Crippen LogP contribution < -0.4 is 5.73 Å². The Kier molecular flexibility index (Phi) is 3.76. The fraction of sp³-hybridized carbons (Fsp3) is 0.562. The van der Waals surface area contributed by atoms with Crippen molar-refractivity contribution < 1.29 is 4.79 Å². The smallest absolute Gasteiger partial charge is 0.244 e. The van der Waals surface area contributed by atoms with Crippen LogP contribution in [0.1, 0.15) is 30.9 Å². The van der Waals surface area contributed by atoms with Gasteiger partial charge in [0.05, 0.1) is 0 Å². The van der Waals surface area contributed by atoms with Crippen LogP contribution in [0.3, 0.4) is 0 Å². The summed E-state index contributed by atoms with van der Waals surface area (Å²) in [7, 11) is 2.19. The largest absolute Gasteiger partial charge is 0.339 e. The summed E-state index contributed by atoms with van der Waals surface area (Å²) in [6.07, 6.45) is 3.54. The molecule has 2 aliphatic rings. The number of rotatable bonds is 2. The molecule has 2 unspecified atom stereocenters. The second-order valence-corrected chi connectivity index (χ2v) is 6.01. The summed E-state index contributed by atoms with van der Waals surface area (Å²) in [5.74, 6) is 0.0668. The van der Waals surface area contributed by atoms with E-state index in [1.807, 2.05) is 35.2 Å². The minimum absolute atomic E-state index is 0.0668. The van der Waals surface area contributed by atoms with Crippen molar-refractivity contribution in [2.75, 3.05) is 20.1 Å². The van der Waals surface area contributed by atoms with E-state index in [9.17, 15) is 4.79 Å². The molecule has 0 aromatic heterocycles. The molecule has 108 valence electrons. The van der Waals surface area contributed by atoms with Gasteiger partial charge in [0.25, 0.3) is 0 Å². The van der Waals surface area contributed by atoms with Crippen LogP contribution in [0, 0.1) is 0 Å². The Bertz CT molecular complexity index is 476. The fourth-order valence-corrected chi connectivity index (χ4v) is 3.51. The van der Waals surface area contributed by atoms with Crippen LogP contribution in [-0.2, 0) is 4.79 Å². The Morgan fingerprint density at radius 2 is 1.90 bits per heavy atom. The van der Waals surface area contributed by atoms with Crippen molar-refractivity contribution >= 4 is 5.91 Å². The molecule has 0 saturated carbocycles. The number of carbonyl (C=O) groups excluding carboxylic acids is 1. The average Bonchev–Trinajstić information content (AvgIpc) is 2.72. The van der Waals surface area contributed by atoms with Crippen LogP contribution in [0.5, 0.6) is 0 Å². The lowest BCUT2D eigenvalue weighted by molar-refractivity contribution is -0.133. The Morgan fingerprint density at radius 3 is 2.65 bits per heavy atom. The van der Waals surface area contributed by atoms with Crippen molar-refractivity contribution in [1.29, 1.82) is 0 Å². The van der Waals surface area contributed by atoms with Crippen molar-refractivity contribution in [3.05, 3.63) is 35.9 Å². The zero-order valence-corrected chi connectivity index (χ0v) is 12.0. The number of likely N-dealkylation sites (N-methyl/N-ethyl adjacent to an activating group) is 1. The molecular formula is C16H23N3O. The van der Waals surface area contributed by atoms with E-state index in [4.69, 9.17) is 5.73 Å². The van der Waals surface area contributed by atoms with Gasteiger partial charge in [0.15, 0.2) is 0 Å². The maximum Gasteiger partial charge on any atom is 0.244 e. The highest BCUT2D eigenvalue weighted by Crippen LogP contribution is 2.29. The summed E-state index contributed by atoms with van der Waals surface area (Å²) in [4.78, 5) is 17.0. The number of fused-ring (bicyclic) bond motifs is 2. The minimum Gasteiger partial charge on any atom is -0.339 e. The lowest BCUT2D eigenvalue weighted by atomic mass is 10.0. The third-order valence-electron chi connectivity index (χ3n) is 4.88. The molecule has 3 rings (SSSR count). The third-order valence-corrected chi connectivity index (χ3v) is 4.88. The van der Waals surface area contributed by atoms with Crippen molar-refractivity contribution in [1.82, 2.24) is 9.80 Å². The van der Waals surface area contributed by atoms with Gasteiger partial charge in [-0.3, -0.25) is 9.69 Å². The predicted octanol–water partition coefficient (Wildman–Crippen LogP) is 1.38. The van der Waals surface area contributed by atoms with Crippen LogP contribution in [0.25, 0.3) is 0 Å². The summed E-state index contributed by atoms with van der Waals surface area (Å²) in [6, 6.07) is 10.3. The van der Waals surface area contributed by atoms with Crippen LogP contribution in [0.4, 0.5) is 0 Å². The van der Waals surface area contributed by atoms with E-state index < -0.39 is 6.04 Å². The van der Waals surface area contributed by atoms with E-state index in [0.29, 0.717) is 12.1 Å². The van der Waals surface area contributed by atoms with Crippen LogP contribution in [0.2, 0.25) is 0 Å². The van der Waals surface area contributed by atoms with Gasteiger partial charge in [-0.25, -0.2) is 0 Å².